The molecular weight excluding hydrogens is 448 g/mol. The first-order valence-corrected chi connectivity index (χ1v) is 12.7. The van der Waals surface area contributed by atoms with Crippen molar-refractivity contribution in [2.75, 3.05) is 29.9 Å². The van der Waals surface area contributed by atoms with Crippen LogP contribution >= 0.6 is 0 Å². The monoisotopic (exact) mass is 484 g/mol. The lowest BCUT2D eigenvalue weighted by Gasteiger charge is -2.34. The number of anilines is 2. The molecule has 2 aromatic rings. The van der Waals surface area contributed by atoms with E-state index in [1.807, 2.05) is 13.0 Å². The van der Waals surface area contributed by atoms with Crippen molar-refractivity contribution >= 4 is 34.3 Å². The molecule has 1 aromatic heterocycles. The largest absolute Gasteiger partial charge is 0.466 e. The fourth-order valence-electron chi connectivity index (χ4n) is 5.44. The number of esters is 1. The first-order valence-electron chi connectivity index (χ1n) is 12.7. The van der Waals surface area contributed by atoms with Gasteiger partial charge in [0, 0.05) is 33.6 Å². The Balaban J connectivity index is 1.67. The average Bonchev–Trinajstić information content (AvgIpc) is 2.86. The van der Waals surface area contributed by atoms with E-state index in [0.717, 1.165) is 18.5 Å². The number of carbonyl (C=O) groups excluding carboxylic acids is 2. The molecule has 4 rings (SSSR count). The van der Waals surface area contributed by atoms with Crippen LogP contribution in [-0.4, -0.2) is 40.7 Å². The van der Waals surface area contributed by atoms with Crippen LogP contribution in [0.3, 0.4) is 0 Å². The SMILES string of the molecule is CCOC(=O)C1CCN(c2cc3c(cc2NC(=O)CC2CCCCC2)n(C)c(=O)c(=O)n3C)CC1. The normalized spacial score (nSPS) is 17.5. The van der Waals surface area contributed by atoms with Crippen LogP contribution < -0.4 is 21.3 Å². The Morgan fingerprint density at radius 3 is 2.14 bits per heavy atom. The third kappa shape index (κ3) is 5.28. The van der Waals surface area contributed by atoms with Crippen molar-refractivity contribution in [2.24, 2.45) is 25.9 Å². The summed E-state index contributed by atoms with van der Waals surface area (Å²) in [6.07, 6.45) is 7.52. The van der Waals surface area contributed by atoms with Crippen LogP contribution in [0, 0.1) is 11.8 Å². The highest BCUT2D eigenvalue weighted by molar-refractivity contribution is 5.98. The van der Waals surface area contributed by atoms with E-state index in [9.17, 15) is 19.2 Å². The molecule has 0 spiro atoms. The number of amides is 1. The van der Waals surface area contributed by atoms with Crippen LogP contribution in [0.25, 0.3) is 11.0 Å². The highest BCUT2D eigenvalue weighted by Crippen LogP contribution is 2.34. The summed E-state index contributed by atoms with van der Waals surface area (Å²) in [5, 5.41) is 3.11. The van der Waals surface area contributed by atoms with Gasteiger partial charge in [0.05, 0.1) is 34.9 Å². The fraction of sp³-hybridized carbons (Fsp3) is 0.615. The molecule has 0 unspecified atom stereocenters. The summed E-state index contributed by atoms with van der Waals surface area (Å²) in [5.41, 5.74) is 1.41. The van der Waals surface area contributed by atoms with Gasteiger partial charge in [0.15, 0.2) is 0 Å². The smallest absolute Gasteiger partial charge is 0.316 e. The number of piperidine rings is 1. The molecule has 9 heteroatoms. The lowest BCUT2D eigenvalue weighted by molar-refractivity contribution is -0.148. The Bertz CT molecular complexity index is 1220. The molecule has 0 atom stereocenters. The number of aryl methyl sites for hydroxylation is 2. The number of hydrogen-bond donors (Lipinski definition) is 1. The van der Waals surface area contributed by atoms with E-state index in [-0.39, 0.29) is 17.8 Å². The Hall–Kier alpha value is -3.10. The fourth-order valence-corrected chi connectivity index (χ4v) is 5.44. The van der Waals surface area contributed by atoms with Crippen molar-refractivity contribution in [3.63, 3.8) is 0 Å². The van der Waals surface area contributed by atoms with Crippen LogP contribution in [-0.2, 0) is 28.4 Å². The zero-order valence-electron chi connectivity index (χ0n) is 21.0. The van der Waals surface area contributed by atoms with Crippen molar-refractivity contribution in [3.05, 3.63) is 32.8 Å². The number of hydrogen-bond acceptors (Lipinski definition) is 6. The second kappa shape index (κ2) is 10.7. The van der Waals surface area contributed by atoms with Gasteiger partial charge in [-0.25, -0.2) is 0 Å². The molecule has 0 radical (unpaired) electrons. The maximum atomic E-state index is 13.0. The molecule has 1 aliphatic carbocycles. The van der Waals surface area contributed by atoms with E-state index in [1.54, 1.807) is 20.2 Å². The summed E-state index contributed by atoms with van der Waals surface area (Å²) in [4.78, 5) is 52.2. The first kappa shape index (κ1) is 25.0. The number of fused-ring (bicyclic) bond motifs is 1. The predicted molar refractivity (Wildman–Crippen MR) is 136 cm³/mol. The summed E-state index contributed by atoms with van der Waals surface area (Å²) >= 11 is 0. The molecule has 2 heterocycles. The van der Waals surface area contributed by atoms with Gasteiger partial charge in [-0.15, -0.1) is 0 Å². The van der Waals surface area contributed by atoms with Crippen LogP contribution in [0.5, 0.6) is 0 Å². The van der Waals surface area contributed by atoms with Gasteiger partial charge in [0.2, 0.25) is 5.91 Å². The molecular formula is C26H36N4O5. The number of aromatic nitrogens is 2. The zero-order chi connectivity index (χ0) is 25.1. The lowest BCUT2D eigenvalue weighted by atomic mass is 9.87. The quantitative estimate of drug-likeness (QED) is 0.500. The summed E-state index contributed by atoms with van der Waals surface area (Å²) < 4.78 is 7.90. The summed E-state index contributed by atoms with van der Waals surface area (Å²) in [7, 11) is 3.16. The Labute approximate surface area is 205 Å². The van der Waals surface area contributed by atoms with Crippen LogP contribution in [0.2, 0.25) is 0 Å². The average molecular weight is 485 g/mol. The Morgan fingerprint density at radius 2 is 1.54 bits per heavy atom. The van der Waals surface area contributed by atoms with Crippen LogP contribution in [0.1, 0.15) is 58.3 Å². The molecule has 0 bridgehead atoms. The zero-order valence-corrected chi connectivity index (χ0v) is 21.0. The Morgan fingerprint density at radius 1 is 0.943 bits per heavy atom. The second-order valence-electron chi connectivity index (χ2n) is 9.86. The van der Waals surface area contributed by atoms with E-state index in [4.69, 9.17) is 4.74 Å². The maximum absolute atomic E-state index is 13.0. The van der Waals surface area contributed by atoms with Crippen molar-refractivity contribution in [2.45, 2.75) is 58.3 Å². The minimum atomic E-state index is -0.609. The van der Waals surface area contributed by atoms with Gasteiger partial charge in [0.1, 0.15) is 0 Å². The van der Waals surface area contributed by atoms with E-state index in [0.29, 0.717) is 61.6 Å². The molecule has 1 aliphatic heterocycles. The molecule has 1 N–H and O–H groups in total. The summed E-state index contributed by atoms with van der Waals surface area (Å²) in [6, 6.07) is 3.67. The third-order valence-electron chi connectivity index (χ3n) is 7.54. The molecule has 2 fully saturated rings. The van der Waals surface area contributed by atoms with E-state index in [1.165, 1.54) is 28.4 Å². The van der Waals surface area contributed by atoms with E-state index < -0.39 is 11.1 Å². The predicted octanol–water partition coefficient (Wildman–Crippen LogP) is 2.93. The van der Waals surface area contributed by atoms with Gasteiger partial charge in [-0.1, -0.05) is 19.3 Å². The number of benzene rings is 1. The third-order valence-corrected chi connectivity index (χ3v) is 7.54. The number of nitrogens with one attached hydrogen (secondary N) is 1. The number of nitrogens with zero attached hydrogens (tertiary/aromatic N) is 3. The lowest BCUT2D eigenvalue weighted by Crippen LogP contribution is -2.40. The number of ether oxygens (including phenoxy) is 1. The molecule has 2 aliphatic rings. The molecule has 1 amide bonds. The standard InChI is InChI=1S/C26H36N4O5/c1-4-35-26(34)18-10-12-30(13-11-18)20-16-22-21(28(2)24(32)25(33)29(22)3)15-19(20)27-23(31)14-17-8-6-5-7-9-17/h15-18H,4-14H2,1-3H3,(H,27,31). The highest BCUT2D eigenvalue weighted by Gasteiger charge is 2.28. The molecule has 9 nitrogen and oxygen atoms in total. The van der Waals surface area contributed by atoms with E-state index >= 15 is 0 Å². The molecule has 190 valence electrons. The topological polar surface area (TPSA) is 103 Å². The number of carbonyl (C=O) groups is 2. The van der Waals surface area contributed by atoms with Crippen LogP contribution in [0.15, 0.2) is 21.7 Å². The first-order chi connectivity index (χ1) is 16.8. The summed E-state index contributed by atoms with van der Waals surface area (Å²) in [6.45, 7) is 3.43. The second-order valence-corrected chi connectivity index (χ2v) is 9.86. The van der Waals surface area contributed by atoms with Gasteiger partial charge in [-0.2, -0.15) is 0 Å². The molecule has 35 heavy (non-hydrogen) atoms. The van der Waals surface area contributed by atoms with Crippen molar-refractivity contribution in [3.8, 4) is 0 Å². The van der Waals surface area contributed by atoms with Gasteiger partial charge >= 0.3 is 17.1 Å². The number of rotatable bonds is 6. The molecule has 1 saturated heterocycles. The van der Waals surface area contributed by atoms with E-state index in [2.05, 4.69) is 10.2 Å². The van der Waals surface area contributed by atoms with Crippen LogP contribution in [0.4, 0.5) is 11.4 Å². The van der Waals surface area contributed by atoms with Gasteiger partial charge in [-0.05, 0) is 50.7 Å². The van der Waals surface area contributed by atoms with Gasteiger partial charge in [0.25, 0.3) is 0 Å². The Kier molecular flexibility index (Phi) is 7.62. The summed E-state index contributed by atoms with van der Waals surface area (Å²) in [5.74, 6) is 0.0668. The highest BCUT2D eigenvalue weighted by atomic mass is 16.5. The molecule has 1 aromatic carbocycles. The van der Waals surface area contributed by atoms with Crippen molar-refractivity contribution in [1.29, 1.82) is 0 Å². The van der Waals surface area contributed by atoms with Crippen molar-refractivity contribution < 1.29 is 14.3 Å². The minimum Gasteiger partial charge on any atom is -0.466 e. The molecule has 1 saturated carbocycles. The minimum absolute atomic E-state index is 0.0336. The van der Waals surface area contributed by atoms with Gasteiger partial charge < -0.3 is 24.1 Å². The van der Waals surface area contributed by atoms with Gasteiger partial charge in [-0.3, -0.25) is 19.2 Å². The maximum Gasteiger partial charge on any atom is 0.316 e. The van der Waals surface area contributed by atoms with Crippen molar-refractivity contribution in [1.82, 2.24) is 9.13 Å².